The third-order valence-corrected chi connectivity index (χ3v) is 4.83. The van der Waals surface area contributed by atoms with Crippen molar-refractivity contribution < 1.29 is 19.1 Å². The zero-order chi connectivity index (χ0) is 20.3. The van der Waals surface area contributed by atoms with Crippen LogP contribution in [-0.4, -0.2) is 59.5 Å². The van der Waals surface area contributed by atoms with Crippen LogP contribution in [0.4, 0.5) is 4.79 Å². The number of ether oxygens (including phenoxy) is 1. The van der Waals surface area contributed by atoms with Gasteiger partial charge in [-0.25, -0.2) is 4.79 Å². The van der Waals surface area contributed by atoms with Crippen LogP contribution in [0.2, 0.25) is 0 Å². The summed E-state index contributed by atoms with van der Waals surface area (Å²) in [4.78, 5) is 39.9. The summed E-state index contributed by atoms with van der Waals surface area (Å²) in [7, 11) is 0. The number of amides is 3. The van der Waals surface area contributed by atoms with E-state index in [1.165, 1.54) is 0 Å². The Balaban J connectivity index is 1.48. The quantitative estimate of drug-likeness (QED) is 0.860. The normalized spacial score (nSPS) is 17.2. The highest BCUT2D eigenvalue weighted by molar-refractivity contribution is 5.94. The maximum atomic E-state index is 12.7. The smallest absolute Gasteiger partial charge is 0.410 e. The Bertz CT molecular complexity index is 727. The van der Waals surface area contributed by atoms with Crippen LogP contribution in [0.15, 0.2) is 24.3 Å². The summed E-state index contributed by atoms with van der Waals surface area (Å²) in [6, 6.07) is 7.33. The molecule has 2 aliphatic rings. The topological polar surface area (TPSA) is 79.0 Å². The van der Waals surface area contributed by atoms with E-state index < -0.39 is 5.60 Å². The van der Waals surface area contributed by atoms with E-state index in [1.807, 2.05) is 32.9 Å². The molecular weight excluding hydrogens is 358 g/mol. The highest BCUT2D eigenvalue weighted by Crippen LogP contribution is 2.28. The lowest BCUT2D eigenvalue weighted by atomic mass is 10.1. The van der Waals surface area contributed by atoms with Crippen molar-refractivity contribution in [2.75, 3.05) is 26.2 Å². The molecule has 0 aromatic heterocycles. The number of hydrogen-bond donors (Lipinski definition) is 1. The van der Waals surface area contributed by atoms with Crippen LogP contribution in [0, 0.1) is 5.92 Å². The highest BCUT2D eigenvalue weighted by atomic mass is 16.6. The summed E-state index contributed by atoms with van der Waals surface area (Å²) >= 11 is 0. The van der Waals surface area contributed by atoms with E-state index in [2.05, 4.69) is 5.32 Å². The number of nitrogens with zero attached hydrogens (tertiary/aromatic N) is 2. The molecule has 152 valence electrons. The summed E-state index contributed by atoms with van der Waals surface area (Å²) < 4.78 is 5.38. The minimum Gasteiger partial charge on any atom is -0.444 e. The number of rotatable bonds is 4. The van der Waals surface area contributed by atoms with Gasteiger partial charge in [0.2, 0.25) is 5.91 Å². The summed E-state index contributed by atoms with van der Waals surface area (Å²) in [6.45, 7) is 7.90. The van der Waals surface area contributed by atoms with Crippen molar-refractivity contribution in [1.82, 2.24) is 15.1 Å². The van der Waals surface area contributed by atoms with Gasteiger partial charge < -0.3 is 19.9 Å². The van der Waals surface area contributed by atoms with Gasteiger partial charge in [0.1, 0.15) is 5.60 Å². The van der Waals surface area contributed by atoms with Crippen molar-refractivity contribution in [2.24, 2.45) is 5.92 Å². The molecule has 1 heterocycles. The van der Waals surface area contributed by atoms with E-state index in [0.717, 1.165) is 18.4 Å². The number of piperazine rings is 1. The molecule has 28 heavy (non-hydrogen) atoms. The zero-order valence-corrected chi connectivity index (χ0v) is 16.9. The van der Waals surface area contributed by atoms with Crippen molar-refractivity contribution in [2.45, 2.75) is 45.8 Å². The van der Waals surface area contributed by atoms with Gasteiger partial charge >= 0.3 is 6.09 Å². The second-order valence-corrected chi connectivity index (χ2v) is 8.45. The van der Waals surface area contributed by atoms with E-state index in [1.54, 1.807) is 21.9 Å². The molecule has 7 heteroatoms. The maximum absolute atomic E-state index is 12.7. The van der Waals surface area contributed by atoms with Crippen molar-refractivity contribution in [3.05, 3.63) is 35.4 Å². The fourth-order valence-corrected chi connectivity index (χ4v) is 3.05. The molecule has 1 N–H and O–H groups in total. The van der Waals surface area contributed by atoms with Crippen LogP contribution in [0.3, 0.4) is 0 Å². The van der Waals surface area contributed by atoms with Crippen LogP contribution in [0.5, 0.6) is 0 Å². The average molecular weight is 387 g/mol. The molecule has 1 aliphatic carbocycles. The monoisotopic (exact) mass is 387 g/mol. The number of nitrogens with one attached hydrogen (secondary N) is 1. The largest absolute Gasteiger partial charge is 0.444 e. The zero-order valence-electron chi connectivity index (χ0n) is 16.9. The summed E-state index contributed by atoms with van der Waals surface area (Å²) in [5.74, 6) is 0.264. The van der Waals surface area contributed by atoms with Gasteiger partial charge in [0.25, 0.3) is 5.91 Å². The van der Waals surface area contributed by atoms with Gasteiger partial charge in [0.15, 0.2) is 0 Å². The van der Waals surface area contributed by atoms with E-state index in [4.69, 9.17) is 4.74 Å². The lowest BCUT2D eigenvalue weighted by Crippen LogP contribution is -2.51. The second-order valence-electron chi connectivity index (χ2n) is 8.45. The first kappa shape index (κ1) is 20.2. The fourth-order valence-electron chi connectivity index (χ4n) is 3.05. The first-order valence-electron chi connectivity index (χ1n) is 9.87. The SMILES string of the molecule is CC(C)(C)OC(=O)N1CCN(C(=O)c2ccc(CNC(=O)C3CC3)cc2)CC1. The number of benzene rings is 1. The predicted octanol–water partition coefficient (Wildman–Crippen LogP) is 2.41. The molecule has 1 saturated heterocycles. The van der Waals surface area contributed by atoms with Gasteiger partial charge in [-0.05, 0) is 51.3 Å². The number of carbonyl (C=O) groups excluding carboxylic acids is 3. The molecule has 0 bridgehead atoms. The second kappa shape index (κ2) is 8.20. The van der Waals surface area contributed by atoms with Gasteiger partial charge in [-0.15, -0.1) is 0 Å². The predicted molar refractivity (Wildman–Crippen MR) is 105 cm³/mol. The van der Waals surface area contributed by atoms with Crippen molar-refractivity contribution in [1.29, 1.82) is 0 Å². The number of carbonyl (C=O) groups is 3. The van der Waals surface area contributed by atoms with E-state index in [0.29, 0.717) is 38.3 Å². The van der Waals surface area contributed by atoms with E-state index in [-0.39, 0.29) is 23.8 Å². The molecule has 0 spiro atoms. The lowest BCUT2D eigenvalue weighted by Gasteiger charge is -2.35. The van der Waals surface area contributed by atoms with Gasteiger partial charge in [0, 0.05) is 44.2 Å². The maximum Gasteiger partial charge on any atom is 0.410 e. The third-order valence-electron chi connectivity index (χ3n) is 4.83. The average Bonchev–Trinajstić information content (AvgIpc) is 3.50. The van der Waals surface area contributed by atoms with Crippen LogP contribution in [-0.2, 0) is 16.1 Å². The van der Waals surface area contributed by atoms with Crippen molar-refractivity contribution in [3.8, 4) is 0 Å². The molecule has 3 amide bonds. The Morgan fingerprint density at radius 1 is 1.00 bits per heavy atom. The number of hydrogen-bond acceptors (Lipinski definition) is 4. The molecule has 0 radical (unpaired) electrons. The van der Waals surface area contributed by atoms with Crippen LogP contribution in [0.25, 0.3) is 0 Å². The van der Waals surface area contributed by atoms with Gasteiger partial charge in [0.05, 0.1) is 0 Å². The van der Waals surface area contributed by atoms with Crippen molar-refractivity contribution >= 4 is 17.9 Å². The minimum atomic E-state index is -0.524. The van der Waals surface area contributed by atoms with E-state index in [9.17, 15) is 14.4 Å². The Labute approximate surface area is 166 Å². The van der Waals surface area contributed by atoms with E-state index >= 15 is 0 Å². The van der Waals surface area contributed by atoms with Gasteiger partial charge in [-0.3, -0.25) is 9.59 Å². The van der Waals surface area contributed by atoms with Crippen molar-refractivity contribution in [3.63, 3.8) is 0 Å². The molecule has 7 nitrogen and oxygen atoms in total. The molecule has 0 atom stereocenters. The van der Waals surface area contributed by atoms with Crippen LogP contribution < -0.4 is 5.32 Å². The van der Waals surface area contributed by atoms with Crippen LogP contribution in [0.1, 0.15) is 49.5 Å². The molecular formula is C21H29N3O4. The molecule has 2 fully saturated rings. The Hall–Kier alpha value is -2.57. The standard InChI is InChI=1S/C21H29N3O4/c1-21(2,3)28-20(27)24-12-10-23(11-13-24)19(26)17-6-4-15(5-7-17)14-22-18(25)16-8-9-16/h4-7,16H,8-14H2,1-3H3,(H,22,25). The first-order valence-corrected chi connectivity index (χ1v) is 9.87. The molecule has 0 unspecified atom stereocenters. The highest BCUT2D eigenvalue weighted by Gasteiger charge is 2.29. The first-order chi connectivity index (χ1) is 13.2. The summed E-state index contributed by atoms with van der Waals surface area (Å²) in [5, 5.41) is 2.92. The Morgan fingerprint density at radius 3 is 2.11 bits per heavy atom. The molecule has 1 aromatic rings. The summed E-state index contributed by atoms with van der Waals surface area (Å²) in [5.41, 5.74) is 1.06. The van der Waals surface area contributed by atoms with Gasteiger partial charge in [-0.2, -0.15) is 0 Å². The Kier molecular flexibility index (Phi) is 5.91. The lowest BCUT2D eigenvalue weighted by molar-refractivity contribution is -0.122. The summed E-state index contributed by atoms with van der Waals surface area (Å²) in [6.07, 6.45) is 1.64. The molecule has 3 rings (SSSR count). The van der Waals surface area contributed by atoms with Crippen LogP contribution >= 0.6 is 0 Å². The Morgan fingerprint density at radius 2 is 1.57 bits per heavy atom. The minimum absolute atomic E-state index is 0.0441. The fraction of sp³-hybridized carbons (Fsp3) is 0.571. The molecule has 1 aromatic carbocycles. The van der Waals surface area contributed by atoms with Gasteiger partial charge in [-0.1, -0.05) is 12.1 Å². The third kappa shape index (κ3) is 5.47. The molecule has 1 aliphatic heterocycles. The molecule has 1 saturated carbocycles.